The monoisotopic (exact) mass is 494 g/mol. The Morgan fingerprint density at radius 2 is 1.65 bits per heavy atom. The zero-order chi connectivity index (χ0) is 24.7. The number of methoxy groups -OCH3 is 2. The fourth-order valence-corrected chi connectivity index (χ4v) is 4.64. The van der Waals surface area contributed by atoms with Crippen LogP contribution in [0, 0.1) is 11.8 Å². The summed E-state index contributed by atoms with van der Waals surface area (Å²) in [6.45, 7) is 0.680. The van der Waals surface area contributed by atoms with Crippen LogP contribution in [0.1, 0.15) is 24.1 Å². The summed E-state index contributed by atoms with van der Waals surface area (Å²) in [6, 6.07) is 3.19. The lowest BCUT2D eigenvalue weighted by atomic mass is 9.94. The highest BCUT2D eigenvalue weighted by molar-refractivity contribution is 5.41. The first-order valence-corrected chi connectivity index (χ1v) is 10.6. The fourth-order valence-electron chi connectivity index (χ4n) is 4.64. The highest BCUT2D eigenvalue weighted by Crippen LogP contribution is 2.41. The van der Waals surface area contributed by atoms with Gasteiger partial charge in [0.25, 0.3) is 0 Å². The van der Waals surface area contributed by atoms with E-state index in [9.17, 15) is 26.3 Å². The fraction of sp³-hybridized carbons (Fsp3) is 0.619. The van der Waals surface area contributed by atoms with Gasteiger partial charge in [-0.05, 0) is 25.0 Å². The van der Waals surface area contributed by atoms with Gasteiger partial charge >= 0.3 is 12.4 Å². The molecule has 0 amide bonds. The second-order valence-corrected chi connectivity index (χ2v) is 8.44. The van der Waals surface area contributed by atoms with Gasteiger partial charge in [-0.15, -0.1) is 5.10 Å². The van der Waals surface area contributed by atoms with E-state index in [4.69, 9.17) is 14.2 Å². The molecule has 7 nitrogen and oxygen atoms in total. The van der Waals surface area contributed by atoms with Crippen LogP contribution in [0.3, 0.4) is 0 Å². The number of ether oxygens (including phenoxy) is 3. The van der Waals surface area contributed by atoms with Crippen molar-refractivity contribution in [3.05, 3.63) is 35.7 Å². The molecule has 2 bridgehead atoms. The number of hydrogen-bond donors (Lipinski definition) is 0. The summed E-state index contributed by atoms with van der Waals surface area (Å²) >= 11 is 0. The molecular formula is C21H24F6N4O3. The van der Waals surface area contributed by atoms with Crippen molar-refractivity contribution in [3.8, 4) is 5.88 Å². The molecule has 1 unspecified atom stereocenters. The summed E-state index contributed by atoms with van der Waals surface area (Å²) in [6.07, 6.45) is -7.99. The molecule has 0 radical (unpaired) electrons. The second kappa shape index (κ2) is 9.25. The van der Waals surface area contributed by atoms with Crippen LogP contribution in [-0.2, 0) is 28.4 Å². The molecule has 34 heavy (non-hydrogen) atoms. The molecule has 2 fully saturated rings. The lowest BCUT2D eigenvalue weighted by Crippen LogP contribution is -2.47. The average Bonchev–Trinajstić information content (AvgIpc) is 3.27. The zero-order valence-corrected chi connectivity index (χ0v) is 18.4. The van der Waals surface area contributed by atoms with Crippen LogP contribution >= 0.6 is 0 Å². The number of fused-ring (bicyclic) bond motifs is 2. The van der Waals surface area contributed by atoms with Crippen LogP contribution in [0.2, 0.25) is 0 Å². The Morgan fingerprint density at radius 3 is 2.15 bits per heavy atom. The van der Waals surface area contributed by atoms with Crippen molar-refractivity contribution >= 4 is 5.82 Å². The molecular weight excluding hydrogens is 470 g/mol. The molecule has 188 valence electrons. The Morgan fingerprint density at radius 1 is 1.00 bits per heavy atom. The minimum atomic E-state index is -4.64. The SMILES string of the molecule is COC(Cn1nc(OC2[C@@H]3CC[C@H]2CN(c2ccc(C(F)(F)F)cn2)C3)cc1C(F)(F)F)OC. The van der Waals surface area contributed by atoms with Crippen molar-refractivity contribution in [2.75, 3.05) is 32.2 Å². The van der Waals surface area contributed by atoms with Gasteiger partial charge in [0.15, 0.2) is 6.29 Å². The summed E-state index contributed by atoms with van der Waals surface area (Å²) in [5, 5.41) is 3.99. The number of anilines is 1. The van der Waals surface area contributed by atoms with E-state index in [1.54, 1.807) is 0 Å². The normalized spacial score (nSPS) is 23.1. The summed E-state index contributed by atoms with van der Waals surface area (Å²) in [7, 11) is 2.64. The molecule has 2 aliphatic rings. The number of pyridine rings is 1. The molecule has 1 aliphatic heterocycles. The van der Waals surface area contributed by atoms with Crippen LogP contribution in [0.5, 0.6) is 5.88 Å². The number of piperidine rings is 1. The van der Waals surface area contributed by atoms with Gasteiger partial charge in [0.1, 0.15) is 17.6 Å². The first-order chi connectivity index (χ1) is 16.0. The van der Waals surface area contributed by atoms with Gasteiger partial charge in [-0.3, -0.25) is 4.68 Å². The van der Waals surface area contributed by atoms with E-state index in [-0.39, 0.29) is 30.4 Å². The molecule has 4 rings (SSSR count). The van der Waals surface area contributed by atoms with E-state index >= 15 is 0 Å². The molecule has 0 N–H and O–H groups in total. The minimum absolute atomic E-state index is 0.0203. The third kappa shape index (κ3) is 5.09. The summed E-state index contributed by atoms with van der Waals surface area (Å²) < 4.78 is 95.7. The summed E-state index contributed by atoms with van der Waals surface area (Å²) in [5.74, 6) is 0.250. The molecule has 3 heterocycles. The Kier molecular flexibility index (Phi) is 6.69. The Labute approximate surface area is 191 Å². The smallest absolute Gasteiger partial charge is 0.433 e. The number of hydrogen-bond acceptors (Lipinski definition) is 6. The maximum absolute atomic E-state index is 13.5. The Hall–Kier alpha value is -2.54. The standard InChI is InChI=1S/C21H24F6N4O3/c1-32-18(33-2)11-31-15(21(25,26)27)7-17(29-31)34-19-12-3-4-13(19)10-30(9-12)16-6-5-14(8-28-16)20(22,23)24/h5-8,12-13,18-19H,3-4,9-11H2,1-2H3/t12-,13+,19?. The summed E-state index contributed by atoms with van der Waals surface area (Å²) in [5.41, 5.74) is -1.79. The van der Waals surface area contributed by atoms with Gasteiger partial charge < -0.3 is 19.1 Å². The first kappa shape index (κ1) is 24.6. The first-order valence-electron chi connectivity index (χ1n) is 10.6. The minimum Gasteiger partial charge on any atom is -0.473 e. The number of aromatic nitrogens is 3. The van der Waals surface area contributed by atoms with Crippen LogP contribution in [-0.4, -0.2) is 54.5 Å². The van der Waals surface area contributed by atoms with E-state index in [1.807, 2.05) is 4.90 Å². The quantitative estimate of drug-likeness (QED) is 0.424. The van der Waals surface area contributed by atoms with Crippen molar-refractivity contribution in [3.63, 3.8) is 0 Å². The molecule has 0 spiro atoms. The Bertz CT molecular complexity index is 960. The number of rotatable bonds is 7. The van der Waals surface area contributed by atoms with Gasteiger partial charge in [0.2, 0.25) is 5.88 Å². The third-order valence-electron chi connectivity index (χ3n) is 6.30. The Balaban J connectivity index is 1.47. The van der Waals surface area contributed by atoms with Gasteiger partial charge in [0, 0.05) is 51.4 Å². The third-order valence-corrected chi connectivity index (χ3v) is 6.30. The van der Waals surface area contributed by atoms with Crippen LogP contribution in [0.25, 0.3) is 0 Å². The largest absolute Gasteiger partial charge is 0.473 e. The highest BCUT2D eigenvalue weighted by atomic mass is 19.4. The predicted octanol–water partition coefficient (Wildman–Crippen LogP) is 4.23. The number of nitrogens with zero attached hydrogens (tertiary/aromatic N) is 4. The second-order valence-electron chi connectivity index (χ2n) is 8.44. The summed E-state index contributed by atoms with van der Waals surface area (Å²) in [4.78, 5) is 5.85. The van der Waals surface area contributed by atoms with Gasteiger partial charge in [-0.25, -0.2) is 4.98 Å². The van der Waals surface area contributed by atoms with Crippen molar-refractivity contribution in [1.29, 1.82) is 0 Å². The van der Waals surface area contributed by atoms with Gasteiger partial charge in [0.05, 0.1) is 12.1 Å². The van der Waals surface area contributed by atoms with Crippen LogP contribution in [0.15, 0.2) is 24.4 Å². The molecule has 1 aliphatic carbocycles. The van der Waals surface area contributed by atoms with E-state index in [2.05, 4.69) is 10.1 Å². The van der Waals surface area contributed by atoms with Gasteiger partial charge in [-0.2, -0.15) is 26.3 Å². The van der Waals surface area contributed by atoms with E-state index in [0.717, 1.165) is 35.9 Å². The molecule has 0 aromatic carbocycles. The number of halogens is 6. The van der Waals surface area contributed by atoms with Crippen molar-refractivity contribution in [2.24, 2.45) is 11.8 Å². The maximum Gasteiger partial charge on any atom is 0.433 e. The lowest BCUT2D eigenvalue weighted by molar-refractivity contribution is -0.150. The zero-order valence-electron chi connectivity index (χ0n) is 18.4. The molecule has 2 aromatic rings. The molecule has 13 heteroatoms. The average molecular weight is 494 g/mol. The van der Waals surface area contributed by atoms with E-state index in [1.165, 1.54) is 20.3 Å². The van der Waals surface area contributed by atoms with Crippen molar-refractivity contribution < 1.29 is 40.6 Å². The van der Waals surface area contributed by atoms with Crippen molar-refractivity contribution in [1.82, 2.24) is 14.8 Å². The molecule has 3 atom stereocenters. The topological polar surface area (TPSA) is 61.6 Å². The molecule has 1 saturated carbocycles. The van der Waals surface area contributed by atoms with Gasteiger partial charge in [-0.1, -0.05) is 0 Å². The number of alkyl halides is 6. The molecule has 1 saturated heterocycles. The van der Waals surface area contributed by atoms with Crippen LogP contribution in [0.4, 0.5) is 32.2 Å². The highest BCUT2D eigenvalue weighted by Gasteiger charge is 2.45. The van der Waals surface area contributed by atoms with Crippen molar-refractivity contribution in [2.45, 2.75) is 44.1 Å². The lowest BCUT2D eigenvalue weighted by Gasteiger charge is -2.38. The van der Waals surface area contributed by atoms with E-state index < -0.39 is 29.9 Å². The van der Waals surface area contributed by atoms with Crippen LogP contribution < -0.4 is 9.64 Å². The van der Waals surface area contributed by atoms with E-state index in [0.29, 0.717) is 18.9 Å². The predicted molar refractivity (Wildman–Crippen MR) is 107 cm³/mol. The maximum atomic E-state index is 13.5. The molecule has 2 aromatic heterocycles.